The molecule has 0 aliphatic carbocycles. The topological polar surface area (TPSA) is 93.0 Å². The van der Waals surface area contributed by atoms with Gasteiger partial charge in [0.1, 0.15) is 23.5 Å². The summed E-state index contributed by atoms with van der Waals surface area (Å²) in [6.45, 7) is 7.87. The molecule has 2 aromatic heterocycles. The van der Waals surface area contributed by atoms with E-state index in [0.717, 1.165) is 24.9 Å². The summed E-state index contributed by atoms with van der Waals surface area (Å²) < 4.78 is 30.9. The summed E-state index contributed by atoms with van der Waals surface area (Å²) in [7, 11) is 3.56. The molecule has 1 aliphatic rings. The quantitative estimate of drug-likeness (QED) is 0.397. The van der Waals surface area contributed by atoms with E-state index in [2.05, 4.69) is 20.2 Å². The highest BCUT2D eigenvalue weighted by Gasteiger charge is 2.28. The first-order chi connectivity index (χ1) is 17.7. The number of amides is 1. The number of benzene rings is 2. The number of hydrogen-bond donors (Lipinski definition) is 1. The van der Waals surface area contributed by atoms with Crippen LogP contribution in [0.5, 0.6) is 11.5 Å². The Kier molecular flexibility index (Phi) is 6.59. The number of carbonyl (C=O) groups excluding carboxylic acids is 1. The van der Waals surface area contributed by atoms with Crippen molar-refractivity contribution >= 4 is 33.8 Å². The second-order valence-electron chi connectivity index (χ2n) is 9.49. The number of carbonyl (C=O) groups is 1. The van der Waals surface area contributed by atoms with Crippen LogP contribution in [-0.2, 0) is 0 Å². The van der Waals surface area contributed by atoms with Gasteiger partial charge in [0.15, 0.2) is 17.3 Å². The Labute approximate surface area is 214 Å². The summed E-state index contributed by atoms with van der Waals surface area (Å²) in [5, 5.41) is 4.49. The van der Waals surface area contributed by atoms with Crippen molar-refractivity contribution in [1.82, 2.24) is 19.8 Å². The number of rotatable bonds is 5. The zero-order valence-corrected chi connectivity index (χ0v) is 21.5. The Bertz CT molecular complexity index is 1470. The third kappa shape index (κ3) is 4.76. The van der Waals surface area contributed by atoms with E-state index in [-0.39, 0.29) is 17.8 Å². The zero-order valence-electron chi connectivity index (χ0n) is 21.5. The van der Waals surface area contributed by atoms with Crippen LogP contribution >= 0.6 is 0 Å². The normalized spacial score (nSPS) is 17.2. The SMILES string of the molecule is COc1cc2nc(C)nc(N[C@H](C)c3cccc4c(F)coc34)c2cc1OC(=O)N1CCN(C)C[C@@H]1C. The number of fused-ring (bicyclic) bond motifs is 2. The number of nitrogens with zero attached hydrogens (tertiary/aromatic N) is 4. The number of halogens is 1. The smallest absolute Gasteiger partial charge is 0.415 e. The molecule has 10 heteroatoms. The second kappa shape index (κ2) is 9.85. The van der Waals surface area contributed by atoms with Gasteiger partial charge in [-0.2, -0.15) is 0 Å². The molecule has 1 N–H and O–H groups in total. The number of ether oxygens (including phenoxy) is 2. The molecule has 37 heavy (non-hydrogen) atoms. The molecule has 0 spiro atoms. The van der Waals surface area contributed by atoms with Crippen LogP contribution in [0.3, 0.4) is 0 Å². The van der Waals surface area contributed by atoms with Crippen molar-refractivity contribution in [2.75, 3.05) is 39.1 Å². The fraction of sp³-hybridized carbons (Fsp3) is 0.370. The Morgan fingerprint density at radius 1 is 1.22 bits per heavy atom. The molecule has 4 aromatic rings. The molecule has 3 heterocycles. The van der Waals surface area contributed by atoms with Crippen molar-refractivity contribution in [1.29, 1.82) is 0 Å². The fourth-order valence-corrected chi connectivity index (χ4v) is 4.84. The minimum absolute atomic E-state index is 0.0240. The number of hydrogen-bond acceptors (Lipinski definition) is 8. The van der Waals surface area contributed by atoms with Crippen molar-refractivity contribution in [2.24, 2.45) is 0 Å². The number of anilines is 1. The molecule has 1 fully saturated rings. The molecule has 0 radical (unpaired) electrons. The summed E-state index contributed by atoms with van der Waals surface area (Å²) in [4.78, 5) is 26.1. The molecule has 1 amide bonds. The molecule has 1 aliphatic heterocycles. The summed E-state index contributed by atoms with van der Waals surface area (Å²) in [6.07, 6.45) is 0.680. The van der Waals surface area contributed by atoms with Crippen molar-refractivity contribution in [3.8, 4) is 11.5 Å². The van der Waals surface area contributed by atoms with Gasteiger partial charge in [-0.05, 0) is 40.0 Å². The van der Waals surface area contributed by atoms with E-state index < -0.39 is 11.9 Å². The maximum absolute atomic E-state index is 14.1. The van der Waals surface area contributed by atoms with E-state index in [9.17, 15) is 9.18 Å². The highest BCUT2D eigenvalue weighted by Crippen LogP contribution is 2.36. The second-order valence-corrected chi connectivity index (χ2v) is 9.49. The van der Waals surface area contributed by atoms with Crippen LogP contribution in [0.4, 0.5) is 15.0 Å². The molecule has 2 aromatic carbocycles. The fourth-order valence-electron chi connectivity index (χ4n) is 4.84. The predicted molar refractivity (Wildman–Crippen MR) is 139 cm³/mol. The number of piperazine rings is 1. The molecular weight excluding hydrogens is 477 g/mol. The lowest BCUT2D eigenvalue weighted by Crippen LogP contribution is -2.53. The van der Waals surface area contributed by atoms with Crippen LogP contribution < -0.4 is 14.8 Å². The average Bonchev–Trinajstić information content (AvgIpc) is 3.24. The Balaban J connectivity index is 1.49. The number of methoxy groups -OCH3 is 1. The lowest BCUT2D eigenvalue weighted by Gasteiger charge is -2.37. The highest BCUT2D eigenvalue weighted by atomic mass is 19.1. The van der Waals surface area contributed by atoms with Crippen molar-refractivity contribution in [3.63, 3.8) is 0 Å². The third-order valence-electron chi connectivity index (χ3n) is 6.76. The minimum atomic E-state index is -0.430. The van der Waals surface area contributed by atoms with Crippen LogP contribution in [-0.4, -0.2) is 65.7 Å². The van der Waals surface area contributed by atoms with Gasteiger partial charge in [0, 0.05) is 42.7 Å². The van der Waals surface area contributed by atoms with Crippen molar-refractivity contribution in [3.05, 3.63) is 53.8 Å². The standard InChI is InChI=1S/C27H30FN5O4/c1-15-13-32(4)9-10-33(15)27(34)37-24-11-20-22(12-23(24)35-5)30-17(3)31-26(20)29-16(2)18-7-6-8-19-21(28)14-36-25(18)19/h6-8,11-12,14-16H,9-10,13H2,1-5H3,(H,29,30,31)/t15-,16+/m0/s1. The van der Waals surface area contributed by atoms with Crippen molar-refractivity contribution in [2.45, 2.75) is 32.9 Å². The first-order valence-electron chi connectivity index (χ1n) is 12.2. The van der Waals surface area contributed by atoms with Crippen LogP contribution in [0.2, 0.25) is 0 Å². The van der Waals surface area contributed by atoms with E-state index in [4.69, 9.17) is 13.9 Å². The van der Waals surface area contributed by atoms with Gasteiger partial charge < -0.3 is 29.0 Å². The molecule has 2 atom stereocenters. The number of aryl methyl sites for hydroxylation is 1. The molecule has 0 bridgehead atoms. The van der Waals surface area contributed by atoms with E-state index in [1.807, 2.05) is 27.0 Å². The Morgan fingerprint density at radius 2 is 2.03 bits per heavy atom. The predicted octanol–water partition coefficient (Wildman–Crippen LogP) is 5.14. The Hall–Kier alpha value is -3.92. The summed E-state index contributed by atoms with van der Waals surface area (Å²) in [5.74, 6) is 1.38. The monoisotopic (exact) mass is 507 g/mol. The minimum Gasteiger partial charge on any atom is -0.493 e. The van der Waals surface area contributed by atoms with Gasteiger partial charge in [-0.3, -0.25) is 0 Å². The van der Waals surface area contributed by atoms with Crippen molar-refractivity contribution < 1.29 is 23.1 Å². The van der Waals surface area contributed by atoms with E-state index in [0.29, 0.717) is 45.8 Å². The third-order valence-corrected chi connectivity index (χ3v) is 6.76. The molecule has 5 rings (SSSR count). The van der Waals surface area contributed by atoms with Crippen LogP contribution in [0.15, 0.2) is 41.0 Å². The highest BCUT2D eigenvalue weighted by molar-refractivity contribution is 5.93. The summed E-state index contributed by atoms with van der Waals surface area (Å²) >= 11 is 0. The van der Waals surface area contributed by atoms with E-state index in [1.165, 1.54) is 7.11 Å². The molecule has 194 valence electrons. The number of nitrogens with one attached hydrogen (secondary N) is 1. The van der Waals surface area contributed by atoms with Crippen LogP contribution in [0.25, 0.3) is 21.9 Å². The molecule has 0 saturated carbocycles. The number of furan rings is 1. The Morgan fingerprint density at radius 3 is 2.78 bits per heavy atom. The number of likely N-dealkylation sites (N-methyl/N-ethyl adjacent to an activating group) is 1. The largest absolute Gasteiger partial charge is 0.493 e. The van der Waals surface area contributed by atoms with Gasteiger partial charge in [0.05, 0.1) is 24.1 Å². The lowest BCUT2D eigenvalue weighted by atomic mass is 10.1. The van der Waals surface area contributed by atoms with Gasteiger partial charge in [-0.15, -0.1) is 0 Å². The molecule has 1 saturated heterocycles. The average molecular weight is 508 g/mol. The van der Waals surface area contributed by atoms with Crippen LogP contribution in [0.1, 0.15) is 31.3 Å². The first kappa shape index (κ1) is 24.8. The van der Waals surface area contributed by atoms with E-state index in [1.54, 1.807) is 36.1 Å². The van der Waals surface area contributed by atoms with Gasteiger partial charge in [-0.1, -0.05) is 12.1 Å². The van der Waals surface area contributed by atoms with Gasteiger partial charge in [-0.25, -0.2) is 19.2 Å². The maximum atomic E-state index is 14.1. The van der Waals surface area contributed by atoms with E-state index >= 15 is 0 Å². The lowest BCUT2D eigenvalue weighted by molar-refractivity contribution is 0.0886. The zero-order chi connectivity index (χ0) is 26.3. The maximum Gasteiger partial charge on any atom is 0.415 e. The van der Waals surface area contributed by atoms with Gasteiger partial charge >= 0.3 is 6.09 Å². The van der Waals surface area contributed by atoms with Crippen LogP contribution in [0, 0.1) is 12.7 Å². The summed E-state index contributed by atoms with van der Waals surface area (Å²) in [5.41, 5.74) is 1.90. The molecule has 0 unspecified atom stereocenters. The van der Waals surface area contributed by atoms with Gasteiger partial charge in [0.2, 0.25) is 0 Å². The number of aromatic nitrogens is 2. The summed E-state index contributed by atoms with van der Waals surface area (Å²) in [6, 6.07) is 8.56. The molecular formula is C27H30FN5O4. The first-order valence-corrected chi connectivity index (χ1v) is 12.2. The molecule has 9 nitrogen and oxygen atoms in total. The van der Waals surface area contributed by atoms with Gasteiger partial charge in [0.25, 0.3) is 0 Å². The number of para-hydroxylation sites is 1.